The van der Waals surface area contributed by atoms with Gasteiger partial charge in [-0.15, -0.1) is 0 Å². The molecular weight excluding hydrogens is 425 g/mol. The maximum atomic E-state index is 14.5. The number of hydrogen-bond acceptors (Lipinski definition) is 7. The van der Waals surface area contributed by atoms with Gasteiger partial charge in [0.2, 0.25) is 0 Å². The van der Waals surface area contributed by atoms with Crippen LogP contribution in [0.2, 0.25) is 0 Å². The van der Waals surface area contributed by atoms with E-state index in [1.54, 1.807) is 7.11 Å². The van der Waals surface area contributed by atoms with Crippen LogP contribution in [0.25, 0.3) is 16.7 Å². The molecule has 0 spiro atoms. The number of methoxy groups -OCH3 is 1. The lowest BCUT2D eigenvalue weighted by Gasteiger charge is -2.34. The molecular formula is C24H28FN5O3. The molecule has 0 unspecified atom stereocenters. The molecule has 1 aromatic heterocycles. The van der Waals surface area contributed by atoms with Crippen molar-refractivity contribution >= 4 is 28.1 Å². The van der Waals surface area contributed by atoms with Gasteiger partial charge in [-0.3, -0.25) is 5.10 Å². The summed E-state index contributed by atoms with van der Waals surface area (Å²) in [5.74, 6) is -0.711. The van der Waals surface area contributed by atoms with Crippen molar-refractivity contribution in [3.05, 3.63) is 59.5 Å². The van der Waals surface area contributed by atoms with E-state index in [1.165, 1.54) is 18.2 Å². The van der Waals surface area contributed by atoms with Gasteiger partial charge in [0.1, 0.15) is 18.1 Å². The van der Waals surface area contributed by atoms with Gasteiger partial charge in [-0.25, -0.2) is 4.39 Å². The minimum absolute atomic E-state index is 0.0754. The van der Waals surface area contributed by atoms with E-state index in [2.05, 4.69) is 27.0 Å². The van der Waals surface area contributed by atoms with Crippen LogP contribution in [0.3, 0.4) is 0 Å². The first-order chi connectivity index (χ1) is 16.0. The van der Waals surface area contributed by atoms with Crippen LogP contribution in [0.4, 0.5) is 10.1 Å². The molecule has 4 rings (SSSR count). The quantitative estimate of drug-likeness (QED) is 0.275. The number of ether oxygens (including phenoxy) is 2. The first kappa shape index (κ1) is 22.8. The Labute approximate surface area is 191 Å². The van der Waals surface area contributed by atoms with Crippen molar-refractivity contribution in [2.45, 2.75) is 0 Å². The Morgan fingerprint density at radius 2 is 1.91 bits per heavy atom. The van der Waals surface area contributed by atoms with E-state index in [-0.39, 0.29) is 29.5 Å². The van der Waals surface area contributed by atoms with E-state index in [9.17, 15) is 9.50 Å². The second-order valence-electron chi connectivity index (χ2n) is 8.02. The monoisotopic (exact) mass is 453 g/mol. The minimum Gasteiger partial charge on any atom is -0.506 e. The second-order valence-corrected chi connectivity index (χ2v) is 8.02. The van der Waals surface area contributed by atoms with Gasteiger partial charge in [-0.2, -0.15) is 5.10 Å². The van der Waals surface area contributed by atoms with Gasteiger partial charge in [0, 0.05) is 56.5 Å². The van der Waals surface area contributed by atoms with Crippen molar-refractivity contribution in [2.75, 3.05) is 58.5 Å². The van der Waals surface area contributed by atoms with Gasteiger partial charge in [-0.05, 0) is 30.8 Å². The number of nitrogens with one attached hydrogen (secondary N) is 2. The molecule has 0 amide bonds. The lowest BCUT2D eigenvalue weighted by Crippen LogP contribution is -2.44. The number of anilines is 1. The number of allylic oxidation sites excluding steroid dienone is 1. The number of rotatable bonds is 8. The highest BCUT2D eigenvalue weighted by Crippen LogP contribution is 2.28. The van der Waals surface area contributed by atoms with E-state index < -0.39 is 5.82 Å². The average Bonchev–Trinajstić information content (AvgIpc) is 3.22. The number of hydrogen-bond donors (Lipinski definition) is 3. The fourth-order valence-corrected chi connectivity index (χ4v) is 3.76. The third-order valence-corrected chi connectivity index (χ3v) is 5.73. The van der Waals surface area contributed by atoms with Crippen LogP contribution >= 0.6 is 0 Å². The Balaban J connectivity index is 1.49. The predicted molar refractivity (Wildman–Crippen MR) is 127 cm³/mol. The number of H-pyrrole nitrogens is 1. The maximum Gasteiger partial charge on any atom is 0.165 e. The molecule has 9 heteroatoms. The molecule has 33 heavy (non-hydrogen) atoms. The largest absolute Gasteiger partial charge is 0.506 e. The molecule has 1 aliphatic heterocycles. The zero-order valence-electron chi connectivity index (χ0n) is 18.8. The normalized spacial score (nSPS) is 15.2. The van der Waals surface area contributed by atoms with E-state index >= 15 is 0 Å². The standard InChI is InChI=1S/C24H28FN5O3/c1-29-7-9-30(10-8-29)17-5-3-16(4-6-17)20(26)14-22(31)24-18-13-19(25)23(33-12-11-32-2)15-21(18)27-28-24/h3-6,13-15,26,31H,7-12H2,1-2H3,(H,27,28)/b22-14-,26-20?. The summed E-state index contributed by atoms with van der Waals surface area (Å²) in [6, 6.07) is 10.5. The Kier molecular flexibility index (Phi) is 6.90. The highest BCUT2D eigenvalue weighted by atomic mass is 19.1. The molecule has 2 aromatic carbocycles. The first-order valence-electron chi connectivity index (χ1n) is 10.8. The number of aromatic nitrogens is 2. The topological polar surface area (TPSA) is 97.7 Å². The highest BCUT2D eigenvalue weighted by molar-refractivity contribution is 6.10. The number of fused-ring (bicyclic) bond motifs is 1. The number of halogens is 1. The zero-order chi connectivity index (χ0) is 23.4. The molecule has 0 saturated carbocycles. The minimum atomic E-state index is -0.566. The molecule has 8 nitrogen and oxygen atoms in total. The van der Waals surface area contributed by atoms with Gasteiger partial charge in [0.15, 0.2) is 11.6 Å². The molecule has 1 aliphatic rings. The van der Waals surface area contributed by atoms with Crippen LogP contribution in [0, 0.1) is 11.2 Å². The van der Waals surface area contributed by atoms with E-state index in [1.807, 2.05) is 24.3 Å². The summed E-state index contributed by atoms with van der Waals surface area (Å²) in [6.45, 7) is 4.54. The molecule has 3 N–H and O–H groups in total. The first-order valence-corrected chi connectivity index (χ1v) is 10.8. The molecule has 3 aromatic rings. The number of aromatic amines is 1. The van der Waals surface area contributed by atoms with Crippen LogP contribution in [-0.2, 0) is 4.74 Å². The molecule has 0 bridgehead atoms. The Morgan fingerprint density at radius 1 is 1.18 bits per heavy atom. The van der Waals surface area contributed by atoms with Crippen LogP contribution in [0.15, 0.2) is 42.5 Å². The van der Waals surface area contributed by atoms with Crippen molar-refractivity contribution in [3.63, 3.8) is 0 Å². The van der Waals surface area contributed by atoms with Gasteiger partial charge < -0.3 is 29.8 Å². The van der Waals surface area contributed by atoms with Crippen LogP contribution < -0.4 is 9.64 Å². The smallest absolute Gasteiger partial charge is 0.165 e. The summed E-state index contributed by atoms with van der Waals surface area (Å²) in [6.07, 6.45) is 1.32. The summed E-state index contributed by atoms with van der Waals surface area (Å²) in [5.41, 5.74) is 2.60. The predicted octanol–water partition coefficient (Wildman–Crippen LogP) is 3.45. The van der Waals surface area contributed by atoms with Gasteiger partial charge in [-0.1, -0.05) is 12.1 Å². The molecule has 1 saturated heterocycles. The lowest BCUT2D eigenvalue weighted by atomic mass is 10.1. The number of aliphatic hydroxyl groups excluding tert-OH is 1. The van der Waals surface area contributed by atoms with Crippen LogP contribution in [0.5, 0.6) is 5.75 Å². The Morgan fingerprint density at radius 3 is 2.61 bits per heavy atom. The second kappa shape index (κ2) is 10.0. The van der Waals surface area contributed by atoms with Crippen LogP contribution in [0.1, 0.15) is 11.3 Å². The summed E-state index contributed by atoms with van der Waals surface area (Å²) >= 11 is 0. The number of piperazine rings is 1. The molecule has 174 valence electrons. The van der Waals surface area contributed by atoms with E-state index in [0.29, 0.717) is 23.1 Å². The van der Waals surface area contributed by atoms with Crippen molar-refractivity contribution in [3.8, 4) is 5.75 Å². The summed E-state index contributed by atoms with van der Waals surface area (Å²) in [5, 5.41) is 26.3. The average molecular weight is 454 g/mol. The number of aliphatic hydroxyl groups is 1. The van der Waals surface area contributed by atoms with Gasteiger partial charge in [0.25, 0.3) is 0 Å². The fourth-order valence-electron chi connectivity index (χ4n) is 3.76. The van der Waals surface area contributed by atoms with Gasteiger partial charge >= 0.3 is 0 Å². The third kappa shape index (κ3) is 5.15. The SMILES string of the molecule is COCCOc1cc2[nH]nc(/C(O)=C/C(=N)c3ccc(N4CCN(C)CC4)cc3)c2cc1F. The van der Waals surface area contributed by atoms with Crippen molar-refractivity contribution in [1.82, 2.24) is 15.1 Å². The maximum absolute atomic E-state index is 14.5. The Bertz CT molecular complexity index is 1150. The molecule has 0 atom stereocenters. The number of nitrogens with zero attached hydrogens (tertiary/aromatic N) is 3. The number of benzene rings is 2. The van der Waals surface area contributed by atoms with Crippen molar-refractivity contribution < 1.29 is 19.0 Å². The molecule has 2 heterocycles. The number of likely N-dealkylation sites (N-methyl/N-ethyl adjacent to an activating group) is 1. The highest BCUT2D eigenvalue weighted by Gasteiger charge is 2.16. The van der Waals surface area contributed by atoms with Crippen LogP contribution in [-0.4, -0.2) is 79.5 Å². The zero-order valence-corrected chi connectivity index (χ0v) is 18.8. The Hall–Kier alpha value is -3.43. The van der Waals surface area contributed by atoms with Crippen molar-refractivity contribution in [2.24, 2.45) is 0 Å². The molecule has 0 aliphatic carbocycles. The summed E-state index contributed by atoms with van der Waals surface area (Å²) < 4.78 is 24.7. The molecule has 0 radical (unpaired) electrons. The molecule has 1 fully saturated rings. The third-order valence-electron chi connectivity index (χ3n) is 5.73. The van der Waals surface area contributed by atoms with Gasteiger partial charge in [0.05, 0.1) is 17.8 Å². The van der Waals surface area contributed by atoms with Crippen molar-refractivity contribution in [1.29, 1.82) is 5.41 Å². The summed E-state index contributed by atoms with van der Waals surface area (Å²) in [7, 11) is 3.66. The fraction of sp³-hybridized carbons (Fsp3) is 0.333. The van der Waals surface area contributed by atoms with E-state index in [0.717, 1.165) is 31.9 Å². The summed E-state index contributed by atoms with van der Waals surface area (Å²) in [4.78, 5) is 4.62. The lowest BCUT2D eigenvalue weighted by molar-refractivity contribution is 0.144. The van der Waals surface area contributed by atoms with E-state index in [4.69, 9.17) is 14.9 Å².